The molecular weight excluding hydrogens is 204 g/mol. The monoisotopic (exact) mass is 230 g/mol. The molecule has 0 aliphatic heterocycles. The van der Waals surface area contributed by atoms with Gasteiger partial charge >= 0.3 is 5.97 Å². The number of hydrogen-bond acceptors (Lipinski definition) is 4. The molecule has 0 saturated carbocycles. The van der Waals surface area contributed by atoms with Crippen LogP contribution >= 0.6 is 0 Å². The van der Waals surface area contributed by atoms with Gasteiger partial charge in [-0.1, -0.05) is 13.3 Å². The highest BCUT2D eigenvalue weighted by molar-refractivity contribution is 5.79. The van der Waals surface area contributed by atoms with Crippen LogP contribution in [0, 0.1) is 0 Å². The molecule has 0 rings (SSSR count). The molecule has 4 heteroatoms. The zero-order valence-electron chi connectivity index (χ0n) is 11.1. The minimum absolute atomic E-state index is 0.330. The smallest absolute Gasteiger partial charge is 0.325 e. The molecule has 0 aliphatic rings. The van der Waals surface area contributed by atoms with Crippen LogP contribution in [0.2, 0.25) is 0 Å². The lowest BCUT2D eigenvalue weighted by atomic mass is 9.97. The van der Waals surface area contributed by atoms with E-state index >= 15 is 0 Å². The molecule has 0 aromatic rings. The van der Waals surface area contributed by atoms with E-state index in [2.05, 4.69) is 23.6 Å². The molecule has 0 bridgehead atoms. The number of nitrogens with zero attached hydrogens (tertiary/aromatic N) is 1. The Morgan fingerprint density at radius 3 is 2.44 bits per heavy atom. The summed E-state index contributed by atoms with van der Waals surface area (Å²) in [5.41, 5.74) is 5.02. The number of methoxy groups -OCH3 is 1. The number of rotatable bonds is 8. The molecule has 4 nitrogen and oxygen atoms in total. The van der Waals surface area contributed by atoms with Crippen LogP contribution < -0.4 is 5.73 Å². The second kappa shape index (κ2) is 7.63. The first-order valence-electron chi connectivity index (χ1n) is 6.00. The third-order valence-corrected chi connectivity index (χ3v) is 2.78. The first-order chi connectivity index (χ1) is 7.44. The molecule has 1 unspecified atom stereocenters. The van der Waals surface area contributed by atoms with E-state index in [0.29, 0.717) is 6.42 Å². The summed E-state index contributed by atoms with van der Waals surface area (Å²) in [5.74, 6) is -0.330. The van der Waals surface area contributed by atoms with Gasteiger partial charge in [0.25, 0.3) is 0 Å². The zero-order valence-corrected chi connectivity index (χ0v) is 11.1. The fourth-order valence-corrected chi connectivity index (χ4v) is 1.59. The van der Waals surface area contributed by atoms with Crippen LogP contribution in [-0.2, 0) is 9.53 Å². The molecule has 0 heterocycles. The average molecular weight is 230 g/mol. The van der Waals surface area contributed by atoms with Gasteiger partial charge in [0.2, 0.25) is 0 Å². The lowest BCUT2D eigenvalue weighted by molar-refractivity contribution is -0.146. The Morgan fingerprint density at radius 1 is 1.38 bits per heavy atom. The summed E-state index contributed by atoms with van der Waals surface area (Å²) in [7, 11) is 3.47. The van der Waals surface area contributed by atoms with E-state index < -0.39 is 5.54 Å². The molecular formula is C12H26N2O2. The van der Waals surface area contributed by atoms with Gasteiger partial charge in [0.1, 0.15) is 5.54 Å². The van der Waals surface area contributed by atoms with Crippen molar-refractivity contribution in [1.82, 2.24) is 4.90 Å². The highest BCUT2D eigenvalue weighted by Crippen LogP contribution is 2.11. The van der Waals surface area contributed by atoms with Crippen molar-refractivity contribution >= 4 is 5.97 Å². The molecule has 0 fully saturated rings. The van der Waals surface area contributed by atoms with E-state index in [-0.39, 0.29) is 5.97 Å². The van der Waals surface area contributed by atoms with Crippen LogP contribution in [0.25, 0.3) is 0 Å². The molecule has 16 heavy (non-hydrogen) atoms. The first kappa shape index (κ1) is 15.4. The van der Waals surface area contributed by atoms with Gasteiger partial charge in [-0.2, -0.15) is 0 Å². The SMILES string of the molecule is CCCCN(C)CCCC(C)(N)C(=O)OC. The van der Waals surface area contributed by atoms with E-state index in [4.69, 9.17) is 5.73 Å². The Balaban J connectivity index is 3.75. The molecule has 96 valence electrons. The largest absolute Gasteiger partial charge is 0.468 e. The molecule has 0 aliphatic carbocycles. The van der Waals surface area contributed by atoms with Gasteiger partial charge in [-0.05, 0) is 46.3 Å². The second-order valence-electron chi connectivity index (χ2n) is 4.67. The Hall–Kier alpha value is -0.610. The van der Waals surface area contributed by atoms with Gasteiger partial charge < -0.3 is 15.4 Å². The van der Waals surface area contributed by atoms with E-state index in [1.807, 2.05) is 0 Å². The summed E-state index contributed by atoms with van der Waals surface area (Å²) in [4.78, 5) is 13.6. The van der Waals surface area contributed by atoms with E-state index in [9.17, 15) is 4.79 Å². The van der Waals surface area contributed by atoms with Crippen molar-refractivity contribution < 1.29 is 9.53 Å². The van der Waals surface area contributed by atoms with Gasteiger partial charge in [0.15, 0.2) is 0 Å². The second-order valence-corrected chi connectivity index (χ2v) is 4.67. The van der Waals surface area contributed by atoms with E-state index in [1.54, 1.807) is 6.92 Å². The van der Waals surface area contributed by atoms with Crippen LogP contribution in [0.1, 0.15) is 39.5 Å². The van der Waals surface area contributed by atoms with Crippen LogP contribution in [-0.4, -0.2) is 43.7 Å². The molecule has 0 amide bonds. The van der Waals surface area contributed by atoms with Crippen LogP contribution in [0.3, 0.4) is 0 Å². The van der Waals surface area contributed by atoms with E-state index in [1.165, 1.54) is 20.0 Å². The third-order valence-electron chi connectivity index (χ3n) is 2.78. The minimum atomic E-state index is -0.847. The van der Waals surface area contributed by atoms with Gasteiger partial charge in [-0.3, -0.25) is 4.79 Å². The number of unbranched alkanes of at least 4 members (excludes halogenated alkanes) is 1. The summed E-state index contributed by atoms with van der Waals surface area (Å²) < 4.78 is 4.66. The quantitative estimate of drug-likeness (QED) is 0.640. The predicted octanol–water partition coefficient (Wildman–Crippen LogP) is 1.39. The summed E-state index contributed by atoms with van der Waals surface area (Å²) in [5, 5.41) is 0. The Kier molecular flexibility index (Phi) is 7.34. The molecule has 0 aromatic carbocycles. The highest BCUT2D eigenvalue weighted by atomic mass is 16.5. The van der Waals surface area contributed by atoms with Crippen LogP contribution in [0.4, 0.5) is 0 Å². The average Bonchev–Trinajstić information content (AvgIpc) is 2.24. The number of hydrogen-bond donors (Lipinski definition) is 1. The number of nitrogens with two attached hydrogens (primary N) is 1. The standard InChI is InChI=1S/C12H26N2O2/c1-5-6-9-14(3)10-7-8-12(2,13)11(15)16-4/h5-10,13H2,1-4H3. The fraction of sp³-hybridized carbons (Fsp3) is 0.917. The van der Waals surface area contributed by atoms with E-state index in [0.717, 1.165) is 19.5 Å². The number of esters is 1. The Labute approximate surface area is 99.1 Å². The predicted molar refractivity (Wildman–Crippen MR) is 66.2 cm³/mol. The van der Waals surface area contributed by atoms with Gasteiger partial charge in [0.05, 0.1) is 7.11 Å². The number of carbonyl (C=O) groups is 1. The van der Waals surface area contributed by atoms with Crippen molar-refractivity contribution in [3.8, 4) is 0 Å². The molecule has 1 atom stereocenters. The van der Waals surface area contributed by atoms with Gasteiger partial charge in [0, 0.05) is 0 Å². The van der Waals surface area contributed by atoms with Crippen molar-refractivity contribution in [1.29, 1.82) is 0 Å². The third kappa shape index (κ3) is 6.08. The Morgan fingerprint density at radius 2 is 1.94 bits per heavy atom. The lowest BCUT2D eigenvalue weighted by Crippen LogP contribution is -2.46. The van der Waals surface area contributed by atoms with Gasteiger partial charge in [-0.25, -0.2) is 0 Å². The Bertz CT molecular complexity index is 205. The van der Waals surface area contributed by atoms with Gasteiger partial charge in [-0.15, -0.1) is 0 Å². The topological polar surface area (TPSA) is 55.6 Å². The summed E-state index contributed by atoms with van der Waals surface area (Å²) in [6.45, 7) is 5.99. The summed E-state index contributed by atoms with van der Waals surface area (Å²) in [6.07, 6.45) is 4.01. The van der Waals surface area contributed by atoms with Crippen LogP contribution in [0.15, 0.2) is 0 Å². The fourth-order valence-electron chi connectivity index (χ4n) is 1.59. The first-order valence-corrected chi connectivity index (χ1v) is 6.00. The van der Waals surface area contributed by atoms with Crippen molar-refractivity contribution in [3.63, 3.8) is 0 Å². The maximum atomic E-state index is 11.3. The van der Waals surface area contributed by atoms with Crippen LogP contribution in [0.5, 0.6) is 0 Å². The highest BCUT2D eigenvalue weighted by Gasteiger charge is 2.28. The minimum Gasteiger partial charge on any atom is -0.468 e. The number of ether oxygens (including phenoxy) is 1. The summed E-state index contributed by atoms with van der Waals surface area (Å²) >= 11 is 0. The molecule has 0 saturated heterocycles. The molecule has 0 radical (unpaired) electrons. The van der Waals surface area contributed by atoms with Crippen molar-refractivity contribution in [3.05, 3.63) is 0 Å². The van der Waals surface area contributed by atoms with Crippen molar-refractivity contribution in [2.24, 2.45) is 5.73 Å². The molecule has 0 spiro atoms. The molecule has 2 N–H and O–H groups in total. The zero-order chi connectivity index (χ0) is 12.6. The normalized spacial score (nSPS) is 14.9. The summed E-state index contributed by atoms with van der Waals surface area (Å²) in [6, 6.07) is 0. The van der Waals surface area contributed by atoms with Crippen molar-refractivity contribution in [2.75, 3.05) is 27.2 Å². The lowest BCUT2D eigenvalue weighted by Gasteiger charge is -2.23. The van der Waals surface area contributed by atoms with Crippen molar-refractivity contribution in [2.45, 2.75) is 45.1 Å². The number of carbonyl (C=O) groups excluding carboxylic acids is 1. The maximum absolute atomic E-state index is 11.3. The maximum Gasteiger partial charge on any atom is 0.325 e. The molecule has 0 aromatic heterocycles.